The number of benzene rings is 4. The number of aromatic nitrogens is 4. The number of nitrogens with zero attached hydrogens (tertiary/aromatic N) is 4. The van der Waals surface area contributed by atoms with Gasteiger partial charge in [0.25, 0.3) is 0 Å². The Bertz CT molecular complexity index is 2040. The highest BCUT2D eigenvalue weighted by Gasteiger charge is 2.42. The van der Waals surface area contributed by atoms with Gasteiger partial charge in [0.2, 0.25) is 0 Å². The van der Waals surface area contributed by atoms with Crippen LogP contribution < -0.4 is 0 Å². The summed E-state index contributed by atoms with van der Waals surface area (Å²) in [6.45, 7) is 0. The van der Waals surface area contributed by atoms with E-state index in [2.05, 4.69) is 124 Å². The first kappa shape index (κ1) is 23.7. The summed E-state index contributed by atoms with van der Waals surface area (Å²) in [5, 5.41) is 11.0. The molecule has 202 valence electrons. The normalized spacial score (nSPS) is 18.4. The van der Waals surface area contributed by atoms with Crippen LogP contribution in [0.1, 0.15) is 41.1 Å². The quantitative estimate of drug-likeness (QED) is 0.209. The molecule has 4 aromatic carbocycles. The molecule has 2 heterocycles. The maximum Gasteiger partial charge on any atom is 0.169 e. The number of hydrogen-bond acceptors (Lipinski definition) is 2. The van der Waals surface area contributed by atoms with Gasteiger partial charge >= 0.3 is 0 Å². The van der Waals surface area contributed by atoms with E-state index in [4.69, 9.17) is 10.2 Å². The predicted molar refractivity (Wildman–Crippen MR) is 170 cm³/mol. The van der Waals surface area contributed by atoms with Crippen LogP contribution in [0.5, 0.6) is 0 Å². The highest BCUT2D eigenvalue weighted by Crippen LogP contribution is 2.54. The van der Waals surface area contributed by atoms with Crippen molar-refractivity contribution in [3.05, 3.63) is 138 Å². The second kappa shape index (κ2) is 9.28. The van der Waals surface area contributed by atoms with Gasteiger partial charge in [-0.3, -0.25) is 4.57 Å². The van der Waals surface area contributed by atoms with Gasteiger partial charge in [-0.1, -0.05) is 91.0 Å². The van der Waals surface area contributed by atoms with E-state index < -0.39 is 0 Å². The summed E-state index contributed by atoms with van der Waals surface area (Å²) in [7, 11) is 0. The Morgan fingerprint density at radius 2 is 1.48 bits per heavy atom. The molecule has 0 amide bonds. The van der Waals surface area contributed by atoms with Gasteiger partial charge < -0.3 is 4.57 Å². The minimum atomic E-state index is 0.607. The van der Waals surface area contributed by atoms with E-state index in [9.17, 15) is 0 Å². The minimum absolute atomic E-state index is 0.607. The van der Waals surface area contributed by atoms with E-state index in [1.807, 2.05) is 6.07 Å². The Morgan fingerprint density at radius 3 is 2.36 bits per heavy atom. The van der Waals surface area contributed by atoms with Gasteiger partial charge in [-0.05, 0) is 78.6 Å². The summed E-state index contributed by atoms with van der Waals surface area (Å²) in [5.74, 6) is 3.00. The average molecular weight is 543 g/mol. The molecule has 42 heavy (non-hydrogen) atoms. The summed E-state index contributed by atoms with van der Waals surface area (Å²) in [6, 6.07) is 34.5. The molecule has 3 aliphatic rings. The third kappa shape index (κ3) is 3.54. The molecule has 6 aromatic rings. The molecule has 0 N–H and O–H groups in total. The van der Waals surface area contributed by atoms with Crippen LogP contribution in [-0.4, -0.2) is 19.3 Å². The van der Waals surface area contributed by atoms with E-state index >= 15 is 0 Å². The van der Waals surface area contributed by atoms with Gasteiger partial charge in [-0.2, -0.15) is 0 Å². The molecule has 4 nitrogen and oxygen atoms in total. The highest BCUT2D eigenvalue weighted by atomic mass is 15.3. The molecule has 4 heteroatoms. The molecule has 0 radical (unpaired) electrons. The second-order valence-corrected chi connectivity index (χ2v) is 11.7. The van der Waals surface area contributed by atoms with Crippen molar-refractivity contribution in [2.45, 2.75) is 31.6 Å². The lowest BCUT2D eigenvalue weighted by Gasteiger charge is -2.22. The number of fused-ring (bicyclic) bond motifs is 6. The van der Waals surface area contributed by atoms with Gasteiger partial charge in [-0.15, -0.1) is 10.2 Å². The number of allylic oxidation sites excluding steroid dienone is 3. The zero-order valence-electron chi connectivity index (χ0n) is 23.3. The molecule has 2 unspecified atom stereocenters. The average Bonchev–Trinajstić information content (AvgIpc) is 3.61. The third-order valence-corrected chi connectivity index (χ3v) is 9.29. The standard InChI is InChI=1S/C38H30N4/c1-3-12-25(13-4-1)37-39-40-38(41(37)27-15-5-2-6-16-27)32-22-23-35(29-18-8-7-17-28(29)32)42-34-21-10-9-19-30(34)31-20-11-14-26-24-33(26)36(31)42/h1-7,9-17,19,21-23,26,33H,8,18,20,24H2. The molecule has 1 fully saturated rings. The van der Waals surface area contributed by atoms with Gasteiger partial charge in [-0.25, -0.2) is 0 Å². The summed E-state index contributed by atoms with van der Waals surface area (Å²) in [4.78, 5) is 0. The van der Waals surface area contributed by atoms with Crippen molar-refractivity contribution in [3.8, 4) is 34.2 Å². The van der Waals surface area contributed by atoms with E-state index in [1.54, 1.807) is 0 Å². The van der Waals surface area contributed by atoms with Crippen LogP contribution in [0.3, 0.4) is 0 Å². The molecule has 1 saturated carbocycles. The Hall–Kier alpha value is -4.96. The maximum atomic E-state index is 4.85. The van der Waals surface area contributed by atoms with Crippen molar-refractivity contribution >= 4 is 17.0 Å². The fourth-order valence-electron chi connectivity index (χ4n) is 7.29. The molecule has 2 atom stereocenters. The van der Waals surface area contributed by atoms with E-state index in [1.165, 1.54) is 45.4 Å². The van der Waals surface area contributed by atoms with Gasteiger partial charge in [0.15, 0.2) is 11.6 Å². The Kier molecular flexibility index (Phi) is 5.24. The van der Waals surface area contributed by atoms with Crippen LogP contribution in [0.2, 0.25) is 0 Å². The first-order valence-electron chi connectivity index (χ1n) is 15.0. The van der Waals surface area contributed by atoms with Crippen molar-refractivity contribution in [2.75, 3.05) is 0 Å². The van der Waals surface area contributed by atoms with Crippen molar-refractivity contribution in [3.63, 3.8) is 0 Å². The first-order chi connectivity index (χ1) is 20.9. The topological polar surface area (TPSA) is 35.6 Å². The number of hydrogen-bond donors (Lipinski definition) is 0. The lowest BCUT2D eigenvalue weighted by Crippen LogP contribution is -2.09. The molecule has 9 rings (SSSR count). The zero-order valence-corrected chi connectivity index (χ0v) is 23.3. The molecule has 2 aromatic heterocycles. The Balaban J connectivity index is 1.29. The predicted octanol–water partition coefficient (Wildman–Crippen LogP) is 8.72. The van der Waals surface area contributed by atoms with E-state index in [0.29, 0.717) is 11.8 Å². The van der Waals surface area contributed by atoms with Crippen molar-refractivity contribution < 1.29 is 0 Å². The summed E-state index contributed by atoms with van der Waals surface area (Å²) in [6.07, 6.45) is 13.8. The number of rotatable bonds is 4. The Labute approximate surface area is 245 Å². The largest absolute Gasteiger partial charge is 0.313 e. The van der Waals surface area contributed by atoms with Crippen LogP contribution in [0.25, 0.3) is 51.1 Å². The summed E-state index contributed by atoms with van der Waals surface area (Å²) in [5.41, 5.74) is 11.6. The van der Waals surface area contributed by atoms with Crippen LogP contribution in [0, 0.1) is 5.92 Å². The fourth-order valence-corrected chi connectivity index (χ4v) is 7.29. The molecule has 0 saturated heterocycles. The fraction of sp³-hybridized carbons (Fsp3) is 0.158. The van der Waals surface area contributed by atoms with Crippen LogP contribution in [0.15, 0.2) is 115 Å². The van der Waals surface area contributed by atoms with Gasteiger partial charge in [0, 0.05) is 39.5 Å². The maximum absolute atomic E-state index is 4.85. The SMILES string of the molecule is C1=Cc2c(-c3nnc(-c4ccccc4)n3-c3ccccc3)ccc(-n3c4c(c5ccccc53)CC=CC3CC43)c2CC1. The smallest absolute Gasteiger partial charge is 0.169 e. The first-order valence-corrected chi connectivity index (χ1v) is 15.0. The van der Waals surface area contributed by atoms with E-state index in [0.717, 1.165) is 47.7 Å². The molecular weight excluding hydrogens is 512 g/mol. The van der Waals surface area contributed by atoms with Crippen molar-refractivity contribution in [1.29, 1.82) is 0 Å². The molecule has 0 spiro atoms. The van der Waals surface area contributed by atoms with Crippen LogP contribution in [-0.2, 0) is 12.8 Å². The Morgan fingerprint density at radius 1 is 0.690 bits per heavy atom. The van der Waals surface area contributed by atoms with Crippen LogP contribution >= 0.6 is 0 Å². The molecule has 3 aliphatic carbocycles. The molecule has 0 aliphatic heterocycles. The highest BCUT2D eigenvalue weighted by molar-refractivity contribution is 5.90. The van der Waals surface area contributed by atoms with E-state index in [-0.39, 0.29) is 0 Å². The summed E-state index contributed by atoms with van der Waals surface area (Å²) < 4.78 is 4.83. The lowest BCUT2D eigenvalue weighted by molar-refractivity contribution is 0.878. The van der Waals surface area contributed by atoms with Crippen molar-refractivity contribution in [2.24, 2.45) is 5.92 Å². The summed E-state index contributed by atoms with van der Waals surface area (Å²) >= 11 is 0. The number of para-hydroxylation sites is 2. The molecular formula is C38H30N4. The van der Waals surface area contributed by atoms with Crippen molar-refractivity contribution in [1.82, 2.24) is 19.3 Å². The van der Waals surface area contributed by atoms with Gasteiger partial charge in [0.05, 0.1) is 5.52 Å². The monoisotopic (exact) mass is 542 g/mol. The second-order valence-electron chi connectivity index (χ2n) is 11.7. The van der Waals surface area contributed by atoms with Gasteiger partial charge in [0.1, 0.15) is 0 Å². The van der Waals surface area contributed by atoms with Crippen LogP contribution in [0.4, 0.5) is 0 Å². The lowest BCUT2D eigenvalue weighted by atomic mass is 9.90. The zero-order chi connectivity index (χ0) is 27.6. The minimum Gasteiger partial charge on any atom is -0.313 e. The molecule has 0 bridgehead atoms. The third-order valence-electron chi connectivity index (χ3n) is 9.29.